The van der Waals surface area contributed by atoms with E-state index in [1.807, 2.05) is 25.7 Å². The average Bonchev–Trinajstić information content (AvgIpc) is 2.88. The normalized spacial score (nSPS) is 16.8. The molecule has 1 aromatic rings. The van der Waals surface area contributed by atoms with Crippen LogP contribution in [0.3, 0.4) is 0 Å². The Morgan fingerprint density at radius 3 is 2.53 bits per heavy atom. The zero-order valence-electron chi connectivity index (χ0n) is 18.3. The van der Waals surface area contributed by atoms with Crippen LogP contribution in [0.1, 0.15) is 63.1 Å². The van der Waals surface area contributed by atoms with E-state index in [9.17, 15) is 9.59 Å². The number of fused-ring (bicyclic) bond motifs is 2. The highest BCUT2D eigenvalue weighted by Crippen LogP contribution is 2.40. The van der Waals surface area contributed by atoms with E-state index in [1.165, 1.54) is 16.7 Å². The van der Waals surface area contributed by atoms with Crippen LogP contribution in [0.25, 0.3) is 0 Å². The Hall–Kier alpha value is -1.60. The van der Waals surface area contributed by atoms with Gasteiger partial charge in [0.2, 0.25) is 5.91 Å². The first-order chi connectivity index (χ1) is 14.2. The average molecular weight is 481 g/mol. The lowest BCUT2D eigenvalue weighted by Gasteiger charge is -2.32. The van der Waals surface area contributed by atoms with Gasteiger partial charge in [0.25, 0.3) is 0 Å². The van der Waals surface area contributed by atoms with Gasteiger partial charge in [-0.1, -0.05) is 6.07 Å². The number of amides is 2. The summed E-state index contributed by atoms with van der Waals surface area (Å²) in [5, 5.41) is 9.01. The summed E-state index contributed by atoms with van der Waals surface area (Å²) in [6, 6.07) is 2.24. The SMILES string of the molecule is CC(C)(C)OC(=O)N1CCc2cc3c(c(Br)c2CC1)N(CCCCCO)C(=O)CC3. The van der Waals surface area contributed by atoms with Crippen molar-refractivity contribution in [2.24, 2.45) is 0 Å². The zero-order chi connectivity index (χ0) is 21.9. The lowest BCUT2D eigenvalue weighted by atomic mass is 9.93. The maximum Gasteiger partial charge on any atom is 0.410 e. The van der Waals surface area contributed by atoms with Crippen molar-refractivity contribution in [3.8, 4) is 0 Å². The molecule has 0 radical (unpaired) electrons. The number of anilines is 1. The molecule has 30 heavy (non-hydrogen) atoms. The molecule has 0 saturated carbocycles. The number of halogens is 1. The van der Waals surface area contributed by atoms with Gasteiger partial charge >= 0.3 is 6.09 Å². The predicted molar refractivity (Wildman–Crippen MR) is 121 cm³/mol. The standard InChI is InChI=1S/C23H33BrN2O4/c1-23(2,3)30-22(29)25-12-9-16-15-17-7-8-19(28)26(11-5-4-6-14-27)21(17)20(24)18(16)10-13-25/h15,27H,4-14H2,1-3H3. The number of aliphatic hydroxyl groups excluding tert-OH is 1. The molecule has 0 fully saturated rings. The summed E-state index contributed by atoms with van der Waals surface area (Å²) >= 11 is 3.82. The number of ether oxygens (including phenoxy) is 1. The van der Waals surface area contributed by atoms with E-state index in [4.69, 9.17) is 9.84 Å². The molecule has 7 heteroatoms. The first kappa shape index (κ1) is 23.1. The van der Waals surface area contributed by atoms with Crippen LogP contribution >= 0.6 is 15.9 Å². The Morgan fingerprint density at radius 1 is 1.10 bits per heavy atom. The molecule has 0 bridgehead atoms. The Morgan fingerprint density at radius 2 is 1.83 bits per heavy atom. The van der Waals surface area contributed by atoms with Crippen molar-refractivity contribution >= 4 is 33.6 Å². The highest BCUT2D eigenvalue weighted by atomic mass is 79.9. The van der Waals surface area contributed by atoms with Gasteiger partial charge in [0.15, 0.2) is 0 Å². The Kier molecular flexibility index (Phi) is 7.45. The Balaban J connectivity index is 1.81. The number of carbonyl (C=O) groups is 2. The van der Waals surface area contributed by atoms with Crippen molar-refractivity contribution in [3.63, 3.8) is 0 Å². The lowest BCUT2D eigenvalue weighted by molar-refractivity contribution is -0.118. The molecule has 0 saturated heterocycles. The molecular weight excluding hydrogens is 448 g/mol. The molecule has 6 nitrogen and oxygen atoms in total. The maximum atomic E-state index is 12.7. The van der Waals surface area contributed by atoms with Crippen molar-refractivity contribution in [1.82, 2.24) is 4.90 Å². The third kappa shape index (κ3) is 5.35. The van der Waals surface area contributed by atoms with Gasteiger partial charge in [-0.15, -0.1) is 0 Å². The molecule has 1 N–H and O–H groups in total. The van der Waals surface area contributed by atoms with Crippen molar-refractivity contribution in [2.45, 2.75) is 71.3 Å². The minimum Gasteiger partial charge on any atom is -0.444 e. The minimum atomic E-state index is -0.507. The van der Waals surface area contributed by atoms with E-state index in [0.717, 1.165) is 48.7 Å². The monoisotopic (exact) mass is 480 g/mol. The second-order valence-electron chi connectivity index (χ2n) is 9.13. The topological polar surface area (TPSA) is 70.1 Å². The number of aliphatic hydroxyl groups is 1. The molecule has 0 aliphatic carbocycles. The predicted octanol–water partition coefficient (Wildman–Crippen LogP) is 4.23. The van der Waals surface area contributed by atoms with Crippen molar-refractivity contribution < 1.29 is 19.4 Å². The van der Waals surface area contributed by atoms with Gasteiger partial charge in [0.05, 0.1) is 5.69 Å². The van der Waals surface area contributed by atoms with Crippen molar-refractivity contribution in [3.05, 3.63) is 27.2 Å². The van der Waals surface area contributed by atoms with Crippen LogP contribution in [-0.2, 0) is 28.8 Å². The highest BCUT2D eigenvalue weighted by molar-refractivity contribution is 9.10. The van der Waals surface area contributed by atoms with Crippen LogP contribution < -0.4 is 4.90 Å². The van der Waals surface area contributed by atoms with E-state index < -0.39 is 5.60 Å². The van der Waals surface area contributed by atoms with Crippen LogP contribution in [0.15, 0.2) is 10.5 Å². The van der Waals surface area contributed by atoms with E-state index in [2.05, 4.69) is 22.0 Å². The molecule has 2 aliphatic rings. The number of carbonyl (C=O) groups excluding carboxylic acids is 2. The quantitative estimate of drug-likeness (QED) is 0.640. The van der Waals surface area contributed by atoms with Crippen LogP contribution in [-0.4, -0.2) is 53.8 Å². The summed E-state index contributed by atoms with van der Waals surface area (Å²) in [7, 11) is 0. The van der Waals surface area contributed by atoms with Crippen LogP contribution in [0.4, 0.5) is 10.5 Å². The molecule has 166 valence electrons. The molecule has 3 rings (SSSR count). The number of hydrogen-bond donors (Lipinski definition) is 1. The number of aryl methyl sites for hydroxylation is 1. The molecule has 0 atom stereocenters. The molecule has 2 heterocycles. The van der Waals surface area contributed by atoms with Gasteiger partial charge in [-0.3, -0.25) is 4.79 Å². The smallest absolute Gasteiger partial charge is 0.410 e. The van der Waals surface area contributed by atoms with Gasteiger partial charge < -0.3 is 19.6 Å². The van der Waals surface area contributed by atoms with Crippen molar-refractivity contribution in [2.75, 3.05) is 31.1 Å². The molecule has 0 aromatic heterocycles. The molecule has 0 unspecified atom stereocenters. The van der Waals surface area contributed by atoms with Gasteiger partial charge in [-0.05, 0) is 91.9 Å². The lowest BCUT2D eigenvalue weighted by Crippen LogP contribution is -2.38. The third-order valence-corrected chi connectivity index (χ3v) is 6.52. The first-order valence-corrected chi connectivity index (χ1v) is 11.7. The molecule has 0 spiro atoms. The summed E-state index contributed by atoms with van der Waals surface area (Å²) in [4.78, 5) is 28.9. The van der Waals surface area contributed by atoms with Gasteiger partial charge in [0.1, 0.15) is 5.60 Å². The molecular formula is C23H33BrN2O4. The summed E-state index contributed by atoms with van der Waals surface area (Å²) in [5.74, 6) is 0.163. The summed E-state index contributed by atoms with van der Waals surface area (Å²) in [5.41, 5.74) is 4.14. The fourth-order valence-corrected chi connectivity index (χ4v) is 5.11. The number of benzene rings is 1. The summed E-state index contributed by atoms with van der Waals surface area (Å²) in [6.45, 7) is 7.75. The largest absolute Gasteiger partial charge is 0.444 e. The second-order valence-corrected chi connectivity index (χ2v) is 9.93. The number of nitrogens with zero attached hydrogens (tertiary/aromatic N) is 2. The van der Waals surface area contributed by atoms with Crippen molar-refractivity contribution in [1.29, 1.82) is 0 Å². The molecule has 2 amide bonds. The van der Waals surface area contributed by atoms with Gasteiger partial charge in [-0.2, -0.15) is 0 Å². The highest BCUT2D eigenvalue weighted by Gasteiger charge is 2.31. The second kappa shape index (κ2) is 9.69. The van der Waals surface area contributed by atoms with E-state index in [0.29, 0.717) is 26.1 Å². The Labute approximate surface area is 187 Å². The van der Waals surface area contributed by atoms with Gasteiger partial charge in [0, 0.05) is 37.1 Å². The first-order valence-electron chi connectivity index (χ1n) is 10.9. The molecule has 1 aromatic carbocycles. The summed E-state index contributed by atoms with van der Waals surface area (Å²) < 4.78 is 6.56. The van der Waals surface area contributed by atoms with Crippen LogP contribution in [0.2, 0.25) is 0 Å². The van der Waals surface area contributed by atoms with E-state index in [1.54, 1.807) is 4.90 Å². The maximum absolute atomic E-state index is 12.7. The van der Waals surface area contributed by atoms with E-state index >= 15 is 0 Å². The molecule has 2 aliphatic heterocycles. The van der Waals surface area contributed by atoms with Gasteiger partial charge in [-0.25, -0.2) is 4.79 Å². The Bertz CT molecular complexity index is 803. The number of unbranched alkanes of at least 4 members (excludes halogenated alkanes) is 2. The summed E-state index contributed by atoms with van der Waals surface area (Å²) in [6.07, 6.45) is 5.08. The minimum absolute atomic E-state index is 0.163. The third-order valence-electron chi connectivity index (χ3n) is 5.67. The number of rotatable bonds is 5. The fourth-order valence-electron chi connectivity index (χ4n) is 4.19. The van der Waals surface area contributed by atoms with Crippen LogP contribution in [0, 0.1) is 0 Å². The van der Waals surface area contributed by atoms with E-state index in [-0.39, 0.29) is 18.6 Å². The number of hydrogen-bond acceptors (Lipinski definition) is 4. The fraction of sp³-hybridized carbons (Fsp3) is 0.652. The zero-order valence-corrected chi connectivity index (χ0v) is 19.9. The van der Waals surface area contributed by atoms with Crippen LogP contribution in [0.5, 0.6) is 0 Å².